The second-order valence-electron chi connectivity index (χ2n) is 3.24. The lowest BCUT2D eigenvalue weighted by molar-refractivity contribution is 0.157. The van der Waals surface area contributed by atoms with Crippen LogP contribution < -0.4 is 5.32 Å². The van der Waals surface area contributed by atoms with Crippen LogP contribution in [0, 0.1) is 0 Å². The molecule has 2 aliphatic heterocycles. The van der Waals surface area contributed by atoms with Crippen molar-refractivity contribution in [1.29, 1.82) is 0 Å². The fraction of sp³-hybridized carbons (Fsp3) is 0.750. The average molecular weight is 185 g/mol. The number of hydrogen-bond acceptors (Lipinski definition) is 3. The summed E-state index contributed by atoms with van der Waals surface area (Å²) in [7, 11) is -1.75. The van der Waals surface area contributed by atoms with Gasteiger partial charge in [0.15, 0.2) is 0 Å². The van der Waals surface area contributed by atoms with Crippen LogP contribution in [0.2, 0.25) is 12.1 Å². The lowest BCUT2D eigenvalue weighted by Gasteiger charge is -2.28. The van der Waals surface area contributed by atoms with Crippen LogP contribution in [-0.2, 0) is 8.85 Å². The van der Waals surface area contributed by atoms with Crippen molar-refractivity contribution in [3.63, 3.8) is 0 Å². The standard InChI is InChI=1S/C8H15NO2Si/c1-2-8-12(7-1)10-5-3-9-4-6-11-12/h1-2,9H,3-8H2. The third-order valence-electron chi connectivity index (χ3n) is 2.31. The summed E-state index contributed by atoms with van der Waals surface area (Å²) in [6, 6.07) is 2.10. The molecule has 0 aliphatic carbocycles. The van der Waals surface area contributed by atoms with E-state index in [0.717, 1.165) is 38.4 Å². The van der Waals surface area contributed by atoms with E-state index in [1.165, 1.54) is 0 Å². The highest BCUT2D eigenvalue weighted by Crippen LogP contribution is 2.26. The number of hydrogen-bond donors (Lipinski definition) is 1. The maximum atomic E-state index is 5.82. The van der Waals surface area contributed by atoms with Crippen molar-refractivity contribution in [2.45, 2.75) is 12.1 Å². The summed E-state index contributed by atoms with van der Waals surface area (Å²) in [6.45, 7) is 3.57. The minimum absolute atomic E-state index is 0.813. The molecule has 1 N–H and O–H groups in total. The molecule has 2 aliphatic rings. The van der Waals surface area contributed by atoms with E-state index in [4.69, 9.17) is 8.85 Å². The molecule has 2 heterocycles. The van der Waals surface area contributed by atoms with Crippen LogP contribution in [0.15, 0.2) is 12.2 Å². The van der Waals surface area contributed by atoms with Gasteiger partial charge in [0.1, 0.15) is 0 Å². The Bertz CT molecular complexity index is 166. The molecule has 4 heteroatoms. The average Bonchev–Trinajstić information content (AvgIpc) is 2.47. The second-order valence-corrected chi connectivity index (χ2v) is 6.45. The van der Waals surface area contributed by atoms with E-state index in [1.807, 2.05) is 0 Å². The maximum absolute atomic E-state index is 5.82. The molecule has 0 radical (unpaired) electrons. The van der Waals surface area contributed by atoms with Gasteiger partial charge in [0, 0.05) is 38.4 Å². The Morgan fingerprint density at radius 1 is 1.00 bits per heavy atom. The van der Waals surface area contributed by atoms with Crippen molar-refractivity contribution in [2.75, 3.05) is 26.3 Å². The van der Waals surface area contributed by atoms with Gasteiger partial charge in [-0.05, 0) is 0 Å². The topological polar surface area (TPSA) is 30.5 Å². The van der Waals surface area contributed by atoms with Gasteiger partial charge < -0.3 is 14.2 Å². The highest BCUT2D eigenvalue weighted by Gasteiger charge is 2.38. The van der Waals surface area contributed by atoms with Crippen molar-refractivity contribution >= 4 is 8.56 Å². The largest absolute Gasteiger partial charge is 0.393 e. The molecule has 0 saturated carbocycles. The molecular weight excluding hydrogens is 170 g/mol. The first-order valence-electron chi connectivity index (χ1n) is 4.55. The second kappa shape index (κ2) is 3.70. The minimum atomic E-state index is -1.75. The summed E-state index contributed by atoms with van der Waals surface area (Å²) in [5.41, 5.74) is 0. The molecule has 0 aromatic rings. The zero-order valence-electron chi connectivity index (χ0n) is 7.21. The molecule has 2 rings (SSSR count). The Hall–Kier alpha value is -0.163. The van der Waals surface area contributed by atoms with Crippen molar-refractivity contribution < 1.29 is 8.85 Å². The van der Waals surface area contributed by atoms with E-state index < -0.39 is 8.56 Å². The Labute approximate surface area is 74.0 Å². The van der Waals surface area contributed by atoms with Crippen molar-refractivity contribution in [3.05, 3.63) is 12.2 Å². The molecule has 0 bridgehead atoms. The monoisotopic (exact) mass is 185 g/mol. The van der Waals surface area contributed by atoms with Gasteiger partial charge in [0.25, 0.3) is 0 Å². The summed E-state index contributed by atoms with van der Waals surface area (Å²) in [5.74, 6) is 0. The van der Waals surface area contributed by atoms with Gasteiger partial charge >= 0.3 is 8.56 Å². The van der Waals surface area contributed by atoms with Crippen LogP contribution in [0.3, 0.4) is 0 Å². The molecule has 0 unspecified atom stereocenters. The molecule has 0 amide bonds. The predicted octanol–water partition coefficient (Wildman–Crippen LogP) is 0.635. The van der Waals surface area contributed by atoms with E-state index >= 15 is 0 Å². The van der Waals surface area contributed by atoms with Crippen LogP contribution in [0.1, 0.15) is 0 Å². The Balaban J connectivity index is 1.93. The van der Waals surface area contributed by atoms with Crippen LogP contribution in [0.4, 0.5) is 0 Å². The first kappa shape index (κ1) is 8.44. The Morgan fingerprint density at radius 3 is 2.17 bits per heavy atom. The molecule has 12 heavy (non-hydrogen) atoms. The lowest BCUT2D eigenvalue weighted by Crippen LogP contribution is -2.45. The Morgan fingerprint density at radius 2 is 1.58 bits per heavy atom. The summed E-state index contributed by atoms with van der Waals surface area (Å²) in [5, 5.41) is 3.25. The molecule has 0 atom stereocenters. The summed E-state index contributed by atoms with van der Waals surface area (Å²) >= 11 is 0. The van der Waals surface area contributed by atoms with E-state index in [1.54, 1.807) is 0 Å². The Kier molecular flexibility index (Phi) is 2.60. The molecule has 0 aromatic heterocycles. The molecule has 1 saturated heterocycles. The quantitative estimate of drug-likeness (QED) is 0.444. The number of rotatable bonds is 0. The predicted molar refractivity (Wildman–Crippen MR) is 49.3 cm³/mol. The fourth-order valence-corrected chi connectivity index (χ4v) is 4.35. The third-order valence-corrected chi connectivity index (χ3v) is 5.49. The van der Waals surface area contributed by atoms with E-state index in [-0.39, 0.29) is 0 Å². The van der Waals surface area contributed by atoms with E-state index in [2.05, 4.69) is 17.5 Å². The van der Waals surface area contributed by atoms with Gasteiger partial charge in [-0.1, -0.05) is 12.2 Å². The summed E-state index contributed by atoms with van der Waals surface area (Å²) < 4.78 is 11.6. The summed E-state index contributed by atoms with van der Waals surface area (Å²) in [4.78, 5) is 0. The van der Waals surface area contributed by atoms with Gasteiger partial charge in [-0.3, -0.25) is 0 Å². The van der Waals surface area contributed by atoms with Crippen molar-refractivity contribution in [2.24, 2.45) is 0 Å². The number of nitrogens with one attached hydrogen (secondary N) is 1. The molecule has 0 aromatic carbocycles. The van der Waals surface area contributed by atoms with Crippen LogP contribution in [-0.4, -0.2) is 34.9 Å². The smallest absolute Gasteiger partial charge is 0.346 e. The van der Waals surface area contributed by atoms with Crippen molar-refractivity contribution in [3.8, 4) is 0 Å². The fourth-order valence-electron chi connectivity index (χ4n) is 1.63. The molecule has 3 nitrogen and oxygen atoms in total. The van der Waals surface area contributed by atoms with Crippen LogP contribution in [0.25, 0.3) is 0 Å². The SMILES string of the molecule is C1=CC[Si]2(C1)OCCNCCO2. The highest BCUT2D eigenvalue weighted by molar-refractivity contribution is 6.69. The van der Waals surface area contributed by atoms with Crippen LogP contribution in [0.5, 0.6) is 0 Å². The lowest BCUT2D eigenvalue weighted by atomic mass is 10.6. The number of allylic oxidation sites excluding steroid dienone is 2. The first-order chi connectivity index (χ1) is 5.91. The van der Waals surface area contributed by atoms with Gasteiger partial charge in [0.2, 0.25) is 0 Å². The third kappa shape index (κ3) is 1.77. The van der Waals surface area contributed by atoms with Gasteiger partial charge in [-0.15, -0.1) is 0 Å². The zero-order valence-corrected chi connectivity index (χ0v) is 8.21. The van der Waals surface area contributed by atoms with Crippen molar-refractivity contribution in [1.82, 2.24) is 5.32 Å². The highest BCUT2D eigenvalue weighted by atomic mass is 28.4. The first-order valence-corrected chi connectivity index (χ1v) is 6.78. The molecular formula is C8H15NO2Si. The van der Waals surface area contributed by atoms with E-state index in [9.17, 15) is 0 Å². The molecule has 68 valence electrons. The van der Waals surface area contributed by atoms with Gasteiger partial charge in [-0.25, -0.2) is 0 Å². The van der Waals surface area contributed by atoms with E-state index in [0.29, 0.717) is 0 Å². The molecule has 1 fully saturated rings. The normalized spacial score (nSPS) is 28.7. The minimum Gasteiger partial charge on any atom is -0.393 e. The zero-order chi connectivity index (χ0) is 8.28. The maximum Gasteiger partial charge on any atom is 0.346 e. The summed E-state index contributed by atoms with van der Waals surface area (Å²) in [6.07, 6.45) is 4.39. The van der Waals surface area contributed by atoms with Crippen LogP contribution >= 0.6 is 0 Å². The van der Waals surface area contributed by atoms with Gasteiger partial charge in [-0.2, -0.15) is 0 Å². The van der Waals surface area contributed by atoms with Gasteiger partial charge in [0.05, 0.1) is 0 Å². The molecule has 1 spiro atoms.